The average Bonchev–Trinajstić information content (AvgIpc) is 2.63. The Balaban J connectivity index is 2.74. The molecule has 0 heterocycles. The van der Waals surface area contributed by atoms with E-state index in [9.17, 15) is 9.59 Å². The largest absolute Gasteiger partial charge is 0.481 e. The van der Waals surface area contributed by atoms with Crippen molar-refractivity contribution in [3.63, 3.8) is 0 Å². The van der Waals surface area contributed by atoms with Crippen LogP contribution in [0.15, 0.2) is 0 Å². The molecule has 0 saturated heterocycles. The summed E-state index contributed by atoms with van der Waals surface area (Å²) in [6, 6.07) is -0.0247. The minimum atomic E-state index is -0.768. The first kappa shape index (κ1) is 15.8. The van der Waals surface area contributed by atoms with E-state index < -0.39 is 11.6 Å². The maximum Gasteiger partial charge on any atom is 0.410 e. The second-order valence-electron chi connectivity index (χ2n) is 6.48. The van der Waals surface area contributed by atoms with Crippen molar-refractivity contribution in [3.05, 3.63) is 0 Å². The summed E-state index contributed by atoms with van der Waals surface area (Å²) >= 11 is 0. The Morgan fingerprint density at radius 2 is 1.84 bits per heavy atom. The van der Waals surface area contributed by atoms with E-state index in [1.807, 2.05) is 34.6 Å². The second kappa shape index (κ2) is 5.80. The standard InChI is InChI=1S/C14H25NO4/c1-9(2)15(13(18)19-14(3,4)5)11-7-6-10(8-11)12(16)17/h9-11H,6-8H2,1-5H3,(H,16,17). The number of hydrogen-bond donors (Lipinski definition) is 1. The van der Waals surface area contributed by atoms with Crippen LogP contribution in [-0.4, -0.2) is 39.8 Å². The van der Waals surface area contributed by atoms with Crippen molar-refractivity contribution in [2.45, 2.75) is 71.6 Å². The summed E-state index contributed by atoms with van der Waals surface area (Å²) in [5, 5.41) is 9.04. The van der Waals surface area contributed by atoms with Gasteiger partial charge in [-0.15, -0.1) is 0 Å². The summed E-state index contributed by atoms with van der Waals surface area (Å²) in [5.41, 5.74) is -0.533. The van der Waals surface area contributed by atoms with E-state index in [-0.39, 0.29) is 24.1 Å². The van der Waals surface area contributed by atoms with Gasteiger partial charge in [-0.25, -0.2) is 4.79 Å². The van der Waals surface area contributed by atoms with Crippen molar-refractivity contribution >= 4 is 12.1 Å². The third-order valence-electron chi connectivity index (χ3n) is 3.31. The predicted molar refractivity (Wildman–Crippen MR) is 72.0 cm³/mol. The van der Waals surface area contributed by atoms with E-state index in [1.165, 1.54) is 0 Å². The zero-order valence-electron chi connectivity index (χ0n) is 12.5. The summed E-state index contributed by atoms with van der Waals surface area (Å²) in [4.78, 5) is 24.9. The van der Waals surface area contributed by atoms with Crippen LogP contribution in [0.3, 0.4) is 0 Å². The lowest BCUT2D eigenvalue weighted by Gasteiger charge is -2.34. The third-order valence-corrected chi connectivity index (χ3v) is 3.31. The molecule has 1 rings (SSSR count). The van der Waals surface area contributed by atoms with Crippen LogP contribution in [0.5, 0.6) is 0 Å². The van der Waals surface area contributed by atoms with Crippen LogP contribution in [0, 0.1) is 5.92 Å². The molecule has 0 bridgehead atoms. The Bertz CT molecular complexity index is 346. The molecule has 1 N–H and O–H groups in total. The molecule has 19 heavy (non-hydrogen) atoms. The van der Waals surface area contributed by atoms with Crippen molar-refractivity contribution in [3.8, 4) is 0 Å². The SMILES string of the molecule is CC(C)N(C(=O)OC(C)(C)C)C1CCC(C(=O)O)C1. The van der Waals surface area contributed by atoms with Crippen LogP contribution in [0.1, 0.15) is 53.9 Å². The fourth-order valence-electron chi connectivity index (χ4n) is 2.53. The normalized spacial score (nSPS) is 23.5. The van der Waals surface area contributed by atoms with Gasteiger partial charge in [-0.2, -0.15) is 0 Å². The summed E-state index contributed by atoms with van der Waals surface area (Å²) in [7, 11) is 0. The van der Waals surface area contributed by atoms with Gasteiger partial charge in [0.05, 0.1) is 5.92 Å². The third kappa shape index (κ3) is 4.40. The number of aliphatic carboxylic acids is 1. The monoisotopic (exact) mass is 271 g/mol. The lowest BCUT2D eigenvalue weighted by atomic mass is 10.1. The number of hydrogen-bond acceptors (Lipinski definition) is 3. The molecule has 110 valence electrons. The molecule has 0 aromatic rings. The topological polar surface area (TPSA) is 66.8 Å². The van der Waals surface area contributed by atoms with E-state index in [4.69, 9.17) is 9.84 Å². The molecule has 0 aromatic carbocycles. The van der Waals surface area contributed by atoms with Gasteiger partial charge in [-0.05, 0) is 53.9 Å². The van der Waals surface area contributed by atoms with E-state index in [1.54, 1.807) is 4.90 Å². The molecule has 1 amide bonds. The highest BCUT2D eigenvalue weighted by Gasteiger charge is 2.37. The fourth-order valence-corrected chi connectivity index (χ4v) is 2.53. The van der Waals surface area contributed by atoms with Gasteiger partial charge in [0.2, 0.25) is 0 Å². The molecule has 1 saturated carbocycles. The van der Waals surface area contributed by atoms with E-state index in [2.05, 4.69) is 0 Å². The van der Waals surface area contributed by atoms with Crippen LogP contribution < -0.4 is 0 Å². The molecule has 1 aliphatic carbocycles. The maximum atomic E-state index is 12.2. The molecular weight excluding hydrogens is 246 g/mol. The van der Waals surface area contributed by atoms with E-state index >= 15 is 0 Å². The highest BCUT2D eigenvalue weighted by atomic mass is 16.6. The molecule has 0 aromatic heterocycles. The van der Waals surface area contributed by atoms with Gasteiger partial charge >= 0.3 is 12.1 Å². The lowest BCUT2D eigenvalue weighted by molar-refractivity contribution is -0.141. The van der Waals surface area contributed by atoms with Crippen LogP contribution in [-0.2, 0) is 9.53 Å². The van der Waals surface area contributed by atoms with Gasteiger partial charge in [0, 0.05) is 12.1 Å². The van der Waals surface area contributed by atoms with Crippen molar-refractivity contribution in [1.29, 1.82) is 0 Å². The van der Waals surface area contributed by atoms with Gasteiger partial charge in [-0.3, -0.25) is 4.79 Å². The van der Waals surface area contributed by atoms with Crippen LogP contribution in [0.2, 0.25) is 0 Å². The first-order valence-electron chi connectivity index (χ1n) is 6.86. The molecule has 1 fully saturated rings. The first-order chi connectivity index (χ1) is 8.61. The molecule has 5 heteroatoms. The smallest absolute Gasteiger partial charge is 0.410 e. The van der Waals surface area contributed by atoms with Gasteiger partial charge < -0.3 is 14.7 Å². The molecule has 5 nitrogen and oxygen atoms in total. The number of carboxylic acids is 1. The van der Waals surface area contributed by atoms with Crippen molar-refractivity contribution in [2.75, 3.05) is 0 Å². The maximum absolute atomic E-state index is 12.2. The Labute approximate surface area is 114 Å². The number of carbonyl (C=O) groups excluding carboxylic acids is 1. The molecule has 0 aliphatic heterocycles. The second-order valence-corrected chi connectivity index (χ2v) is 6.48. The number of ether oxygens (including phenoxy) is 1. The molecule has 1 aliphatic rings. The van der Waals surface area contributed by atoms with Gasteiger partial charge in [0.1, 0.15) is 5.60 Å². The quantitative estimate of drug-likeness (QED) is 0.857. The van der Waals surface area contributed by atoms with Crippen molar-refractivity contribution in [2.24, 2.45) is 5.92 Å². The first-order valence-corrected chi connectivity index (χ1v) is 6.86. The Hall–Kier alpha value is -1.26. The number of amides is 1. The minimum absolute atomic E-state index is 0.00685. The average molecular weight is 271 g/mol. The number of nitrogens with zero attached hydrogens (tertiary/aromatic N) is 1. The molecule has 0 radical (unpaired) electrons. The minimum Gasteiger partial charge on any atom is -0.481 e. The fraction of sp³-hybridized carbons (Fsp3) is 0.857. The van der Waals surface area contributed by atoms with E-state index in [0.29, 0.717) is 12.8 Å². The van der Waals surface area contributed by atoms with Gasteiger partial charge in [0.25, 0.3) is 0 Å². The summed E-state index contributed by atoms with van der Waals surface area (Å²) in [6.07, 6.45) is 1.53. The number of carboxylic acid groups (broad SMARTS) is 1. The highest BCUT2D eigenvalue weighted by molar-refractivity contribution is 5.72. The Kier molecular flexibility index (Phi) is 4.82. The zero-order chi connectivity index (χ0) is 14.8. The highest BCUT2D eigenvalue weighted by Crippen LogP contribution is 2.31. The van der Waals surface area contributed by atoms with Crippen LogP contribution in [0.4, 0.5) is 4.79 Å². The van der Waals surface area contributed by atoms with Crippen molar-refractivity contribution in [1.82, 2.24) is 4.90 Å². The Morgan fingerprint density at radius 3 is 2.21 bits per heavy atom. The Morgan fingerprint density at radius 1 is 1.26 bits per heavy atom. The zero-order valence-corrected chi connectivity index (χ0v) is 12.5. The molecule has 2 atom stereocenters. The van der Waals surface area contributed by atoms with Gasteiger partial charge in [-0.1, -0.05) is 0 Å². The van der Waals surface area contributed by atoms with Gasteiger partial charge in [0.15, 0.2) is 0 Å². The lowest BCUT2D eigenvalue weighted by Crippen LogP contribution is -2.46. The van der Waals surface area contributed by atoms with Crippen molar-refractivity contribution < 1.29 is 19.4 Å². The van der Waals surface area contributed by atoms with Crippen LogP contribution in [0.25, 0.3) is 0 Å². The molecular formula is C14H25NO4. The summed E-state index contributed by atoms with van der Waals surface area (Å²) in [5.74, 6) is -1.11. The molecule has 0 spiro atoms. The summed E-state index contributed by atoms with van der Waals surface area (Å²) < 4.78 is 5.41. The van der Waals surface area contributed by atoms with Crippen LogP contribution >= 0.6 is 0 Å². The number of carbonyl (C=O) groups is 2. The van der Waals surface area contributed by atoms with E-state index in [0.717, 1.165) is 6.42 Å². The summed E-state index contributed by atoms with van der Waals surface area (Å²) in [6.45, 7) is 9.35. The number of rotatable bonds is 3. The predicted octanol–water partition coefficient (Wildman–Crippen LogP) is 2.89. The molecule has 2 unspecified atom stereocenters.